The summed E-state index contributed by atoms with van der Waals surface area (Å²) in [6.07, 6.45) is 9.46. The quantitative estimate of drug-likeness (QED) is 0.555. The molecule has 4 saturated carbocycles. The summed E-state index contributed by atoms with van der Waals surface area (Å²) < 4.78 is 0. The van der Waals surface area contributed by atoms with E-state index in [-0.39, 0.29) is 17.4 Å². The fraction of sp³-hybridized carbons (Fsp3) is 0.481. The van der Waals surface area contributed by atoms with E-state index in [1.165, 1.54) is 44.1 Å². The van der Waals surface area contributed by atoms with Crippen molar-refractivity contribution in [3.8, 4) is 0 Å². The number of amides is 1. The average Bonchev–Trinajstić information content (AvgIpc) is 3.17. The minimum Gasteiger partial charge on any atom is -0.346 e. The third kappa shape index (κ3) is 3.77. The van der Waals surface area contributed by atoms with Crippen molar-refractivity contribution in [3.05, 3.63) is 66.0 Å². The van der Waals surface area contributed by atoms with Crippen LogP contribution >= 0.6 is 0 Å². The number of nitrogens with one attached hydrogen (secondary N) is 2. The summed E-state index contributed by atoms with van der Waals surface area (Å²) in [4.78, 5) is 21.6. The number of fused-ring (bicyclic) bond motifs is 1. The number of aromatic nitrogens is 2. The lowest BCUT2D eigenvalue weighted by Gasteiger charge is -2.56. The van der Waals surface area contributed by atoms with Gasteiger partial charge in [-0.1, -0.05) is 42.5 Å². The maximum absolute atomic E-state index is 13.4. The van der Waals surface area contributed by atoms with Crippen molar-refractivity contribution in [2.75, 3.05) is 0 Å². The summed E-state index contributed by atoms with van der Waals surface area (Å²) in [7, 11) is 0. The molecule has 0 spiro atoms. The summed E-state index contributed by atoms with van der Waals surface area (Å²) in [6, 6.07) is 18.3. The van der Waals surface area contributed by atoms with Crippen molar-refractivity contribution in [1.29, 1.82) is 0 Å². The maximum Gasteiger partial charge on any atom is 0.221 e. The second kappa shape index (κ2) is 7.51. The van der Waals surface area contributed by atoms with Gasteiger partial charge in [-0.05, 0) is 85.8 Å². The number of carbonyl (C=O) groups excluding carboxylic acids is 1. The fourth-order valence-electron chi connectivity index (χ4n) is 7.30. The van der Waals surface area contributed by atoms with Crippen LogP contribution in [0.1, 0.15) is 62.4 Å². The zero-order valence-corrected chi connectivity index (χ0v) is 18.0. The number of nitrogens with zero attached hydrogens (tertiary/aromatic N) is 1. The van der Waals surface area contributed by atoms with E-state index in [0.29, 0.717) is 6.42 Å². The van der Waals surface area contributed by atoms with Crippen molar-refractivity contribution in [2.24, 2.45) is 23.2 Å². The molecule has 1 unspecified atom stereocenters. The van der Waals surface area contributed by atoms with E-state index in [4.69, 9.17) is 4.98 Å². The Balaban J connectivity index is 1.23. The molecule has 3 aromatic rings. The highest BCUT2D eigenvalue weighted by molar-refractivity contribution is 5.78. The molecule has 0 radical (unpaired) electrons. The molecule has 4 aliphatic rings. The van der Waals surface area contributed by atoms with Gasteiger partial charge in [0.2, 0.25) is 5.91 Å². The standard InChI is InChI=1S/C27H31N3O/c31-25(17-27-14-19-10-20(15-27)12-21(11-19)16-27)28-24(13-18-6-2-1-3-7-18)26-29-22-8-4-5-9-23(22)30-26/h1-9,19-21,24H,10-17H2,(H,28,31)(H,29,30). The number of para-hydroxylation sites is 2. The van der Waals surface area contributed by atoms with Crippen LogP contribution in [0, 0.1) is 23.2 Å². The summed E-state index contributed by atoms with van der Waals surface area (Å²) >= 11 is 0. The molecule has 1 amide bonds. The number of hydrogen-bond donors (Lipinski definition) is 2. The van der Waals surface area contributed by atoms with Crippen LogP contribution in [0.2, 0.25) is 0 Å². The van der Waals surface area contributed by atoms with E-state index in [1.807, 2.05) is 30.3 Å². The minimum absolute atomic E-state index is 0.142. The van der Waals surface area contributed by atoms with Crippen LogP contribution in [0.15, 0.2) is 54.6 Å². The molecule has 2 N–H and O–H groups in total. The van der Waals surface area contributed by atoms with Gasteiger partial charge < -0.3 is 10.3 Å². The first-order chi connectivity index (χ1) is 15.1. The van der Waals surface area contributed by atoms with E-state index in [1.54, 1.807) is 0 Å². The molecule has 4 bridgehead atoms. The van der Waals surface area contributed by atoms with Crippen molar-refractivity contribution in [2.45, 2.75) is 57.4 Å². The molecule has 4 heteroatoms. The first-order valence-corrected chi connectivity index (χ1v) is 11.9. The Morgan fingerprint density at radius 1 is 0.968 bits per heavy atom. The first-order valence-electron chi connectivity index (χ1n) is 11.9. The molecule has 1 atom stereocenters. The number of benzene rings is 2. The Bertz CT molecular complexity index is 1020. The predicted octanol–water partition coefficient (Wildman–Crippen LogP) is 5.57. The second-order valence-corrected chi connectivity index (χ2v) is 10.5. The number of hydrogen-bond acceptors (Lipinski definition) is 2. The number of rotatable bonds is 6. The molecule has 1 heterocycles. The van der Waals surface area contributed by atoms with Gasteiger partial charge in [0.15, 0.2) is 0 Å². The molecule has 1 aromatic heterocycles. The van der Waals surface area contributed by atoms with E-state index < -0.39 is 0 Å². The summed E-state index contributed by atoms with van der Waals surface area (Å²) in [5.74, 6) is 3.66. The lowest BCUT2D eigenvalue weighted by molar-refractivity contribution is -0.130. The van der Waals surface area contributed by atoms with Crippen molar-refractivity contribution in [3.63, 3.8) is 0 Å². The highest BCUT2D eigenvalue weighted by Gasteiger charge is 2.51. The number of imidazole rings is 1. The number of aromatic amines is 1. The molecule has 4 aliphatic carbocycles. The second-order valence-electron chi connectivity index (χ2n) is 10.5. The van der Waals surface area contributed by atoms with Gasteiger partial charge in [0, 0.05) is 6.42 Å². The van der Waals surface area contributed by atoms with Gasteiger partial charge in [-0.2, -0.15) is 0 Å². The van der Waals surface area contributed by atoms with Crippen LogP contribution in [0.25, 0.3) is 11.0 Å². The molecule has 31 heavy (non-hydrogen) atoms. The lowest BCUT2D eigenvalue weighted by Crippen LogP contribution is -2.48. The third-order valence-corrected chi connectivity index (χ3v) is 8.06. The predicted molar refractivity (Wildman–Crippen MR) is 122 cm³/mol. The molecule has 0 aliphatic heterocycles. The van der Waals surface area contributed by atoms with Crippen LogP contribution in [0.5, 0.6) is 0 Å². The van der Waals surface area contributed by atoms with Crippen LogP contribution < -0.4 is 5.32 Å². The summed E-state index contributed by atoms with van der Waals surface area (Å²) in [5.41, 5.74) is 3.43. The smallest absolute Gasteiger partial charge is 0.221 e. The maximum atomic E-state index is 13.4. The van der Waals surface area contributed by atoms with Gasteiger partial charge >= 0.3 is 0 Å². The highest BCUT2D eigenvalue weighted by atomic mass is 16.1. The third-order valence-electron chi connectivity index (χ3n) is 8.06. The Labute approximate surface area is 183 Å². The van der Waals surface area contributed by atoms with Crippen molar-refractivity contribution >= 4 is 16.9 Å². The highest BCUT2D eigenvalue weighted by Crippen LogP contribution is 2.61. The zero-order valence-electron chi connectivity index (χ0n) is 18.0. The van der Waals surface area contributed by atoms with Crippen LogP contribution in [-0.4, -0.2) is 15.9 Å². The van der Waals surface area contributed by atoms with Crippen LogP contribution in [0.3, 0.4) is 0 Å². The summed E-state index contributed by atoms with van der Waals surface area (Å²) in [6.45, 7) is 0. The largest absolute Gasteiger partial charge is 0.346 e. The summed E-state index contributed by atoms with van der Waals surface area (Å²) in [5, 5.41) is 3.39. The van der Waals surface area contributed by atoms with Gasteiger partial charge in [-0.25, -0.2) is 4.98 Å². The topological polar surface area (TPSA) is 57.8 Å². The van der Waals surface area contributed by atoms with Gasteiger partial charge in [0.1, 0.15) is 5.82 Å². The zero-order chi connectivity index (χ0) is 20.8. The normalized spacial score (nSPS) is 29.9. The molecule has 2 aromatic carbocycles. The number of carbonyl (C=O) groups is 1. The Morgan fingerprint density at radius 2 is 1.61 bits per heavy atom. The fourth-order valence-corrected chi connectivity index (χ4v) is 7.30. The van der Waals surface area contributed by atoms with E-state index >= 15 is 0 Å². The van der Waals surface area contributed by atoms with Crippen LogP contribution in [0.4, 0.5) is 0 Å². The average molecular weight is 414 g/mol. The number of H-pyrrole nitrogens is 1. The molecule has 4 fully saturated rings. The molecular formula is C27H31N3O. The van der Waals surface area contributed by atoms with Crippen LogP contribution in [-0.2, 0) is 11.2 Å². The Morgan fingerprint density at radius 3 is 2.29 bits per heavy atom. The Kier molecular flexibility index (Phi) is 4.62. The van der Waals surface area contributed by atoms with E-state index in [9.17, 15) is 4.79 Å². The molecular weight excluding hydrogens is 382 g/mol. The van der Waals surface area contributed by atoms with Crippen molar-refractivity contribution in [1.82, 2.24) is 15.3 Å². The Hall–Kier alpha value is -2.62. The minimum atomic E-state index is -0.142. The van der Waals surface area contributed by atoms with Gasteiger partial charge in [-0.15, -0.1) is 0 Å². The van der Waals surface area contributed by atoms with Gasteiger partial charge in [0.05, 0.1) is 17.1 Å². The molecule has 0 saturated heterocycles. The van der Waals surface area contributed by atoms with Crippen molar-refractivity contribution < 1.29 is 4.79 Å². The van der Waals surface area contributed by atoms with Gasteiger partial charge in [-0.3, -0.25) is 4.79 Å². The van der Waals surface area contributed by atoms with E-state index in [0.717, 1.165) is 41.0 Å². The molecule has 4 nitrogen and oxygen atoms in total. The molecule has 7 rings (SSSR count). The first kappa shape index (κ1) is 19.1. The molecule has 160 valence electrons. The van der Waals surface area contributed by atoms with E-state index in [2.05, 4.69) is 34.6 Å². The monoisotopic (exact) mass is 413 g/mol. The van der Waals surface area contributed by atoms with Gasteiger partial charge in [0.25, 0.3) is 0 Å². The SMILES string of the molecule is O=C(CC12CC3CC(CC(C3)C1)C2)NC(Cc1ccccc1)c1nc2ccccc2[nH]1. The lowest BCUT2D eigenvalue weighted by atomic mass is 9.49.